The number of piperidine rings is 2. The van der Waals surface area contributed by atoms with Gasteiger partial charge in [0.1, 0.15) is 11.5 Å². The fourth-order valence-corrected chi connectivity index (χ4v) is 10.4. The lowest BCUT2D eigenvalue weighted by Gasteiger charge is -2.38. The van der Waals surface area contributed by atoms with Gasteiger partial charge in [-0.2, -0.15) is 0 Å². The summed E-state index contributed by atoms with van der Waals surface area (Å²) in [7, 11) is 0. The Kier molecular flexibility index (Phi) is 26.8. The van der Waals surface area contributed by atoms with Crippen molar-refractivity contribution < 1.29 is 18.9 Å². The number of hydrogen-bond donors (Lipinski definition) is 0. The van der Waals surface area contributed by atoms with Crippen molar-refractivity contribution in [3.8, 4) is 11.5 Å². The largest absolute Gasteiger partial charge is 0.494 e. The molecule has 4 saturated heterocycles. The Labute approximate surface area is 389 Å². The number of morpholine rings is 2. The number of rotatable bonds is 14. The Morgan fingerprint density at radius 3 is 1.08 bits per heavy atom. The van der Waals surface area contributed by atoms with Gasteiger partial charge in [0.25, 0.3) is 0 Å². The molecule has 8 rings (SSSR count). The fraction of sp³-hybridized carbons (Fsp3) is 0.750. The molecule has 4 aliphatic heterocycles. The Bertz CT molecular complexity index is 1240. The quantitative estimate of drug-likeness (QED) is 0.174. The zero-order chi connectivity index (χ0) is 38.0. The normalized spacial score (nSPS) is 25.7. The highest BCUT2D eigenvalue weighted by Crippen LogP contribution is 2.37. The molecule has 6 aliphatic rings. The van der Waals surface area contributed by atoms with Gasteiger partial charge in [0.05, 0.1) is 39.6 Å². The van der Waals surface area contributed by atoms with Crippen LogP contribution in [0.1, 0.15) is 126 Å². The third kappa shape index (κ3) is 17.5. The van der Waals surface area contributed by atoms with E-state index >= 15 is 0 Å². The van der Waals surface area contributed by atoms with Crippen LogP contribution in [0.25, 0.3) is 0 Å². The van der Waals surface area contributed by atoms with Gasteiger partial charge < -0.3 is 28.7 Å². The van der Waals surface area contributed by atoms with E-state index in [9.17, 15) is 0 Å². The van der Waals surface area contributed by atoms with Gasteiger partial charge in [-0.05, 0) is 163 Å². The smallest absolute Gasteiger partial charge is 0.119 e. The van der Waals surface area contributed by atoms with Crippen LogP contribution in [0.3, 0.4) is 0 Å². The van der Waals surface area contributed by atoms with E-state index in [1.165, 1.54) is 140 Å². The molecule has 60 heavy (non-hydrogen) atoms. The minimum Gasteiger partial charge on any atom is -0.494 e. The van der Waals surface area contributed by atoms with Gasteiger partial charge in [-0.1, -0.05) is 37.1 Å². The van der Waals surface area contributed by atoms with E-state index in [1.54, 1.807) is 0 Å². The molecule has 8 nitrogen and oxygen atoms in total. The first kappa shape index (κ1) is 53.3. The first-order chi connectivity index (χ1) is 27.8. The van der Waals surface area contributed by atoms with Crippen LogP contribution in [0.2, 0.25) is 0 Å². The molecular weight excluding hydrogens is 838 g/mol. The van der Waals surface area contributed by atoms with Gasteiger partial charge in [-0.15, -0.1) is 49.6 Å². The summed E-state index contributed by atoms with van der Waals surface area (Å²) in [6.45, 7) is 17.3. The number of hydrogen-bond acceptors (Lipinski definition) is 8. The van der Waals surface area contributed by atoms with Crippen molar-refractivity contribution in [1.82, 2.24) is 19.6 Å². The number of benzene rings is 2. The maximum absolute atomic E-state index is 5.99. The molecule has 12 heteroatoms. The maximum Gasteiger partial charge on any atom is 0.119 e. The van der Waals surface area contributed by atoms with Crippen molar-refractivity contribution in [2.45, 2.75) is 127 Å². The summed E-state index contributed by atoms with van der Waals surface area (Å²) >= 11 is 0. The van der Waals surface area contributed by atoms with Crippen LogP contribution in [-0.2, 0) is 9.47 Å². The Balaban J connectivity index is 0.000000300. The topological polar surface area (TPSA) is 49.9 Å². The Morgan fingerprint density at radius 1 is 0.417 bits per heavy atom. The lowest BCUT2D eigenvalue weighted by Crippen LogP contribution is -2.44. The van der Waals surface area contributed by atoms with Gasteiger partial charge in [0.2, 0.25) is 0 Å². The molecule has 2 saturated carbocycles. The zero-order valence-corrected chi connectivity index (χ0v) is 39.9. The van der Waals surface area contributed by atoms with Crippen molar-refractivity contribution in [3.05, 3.63) is 59.7 Å². The van der Waals surface area contributed by atoms with Crippen molar-refractivity contribution >= 4 is 49.6 Å². The third-order valence-corrected chi connectivity index (χ3v) is 13.9. The summed E-state index contributed by atoms with van der Waals surface area (Å²) in [5, 5.41) is 0. The van der Waals surface area contributed by atoms with Crippen molar-refractivity contribution in [2.24, 2.45) is 0 Å². The summed E-state index contributed by atoms with van der Waals surface area (Å²) in [5.74, 6) is 3.52. The summed E-state index contributed by atoms with van der Waals surface area (Å²) in [6.07, 6.45) is 21.2. The number of ether oxygens (including phenoxy) is 4. The average molecular weight is 919 g/mol. The number of likely N-dealkylation sites (tertiary alicyclic amines) is 2. The molecule has 344 valence electrons. The predicted molar refractivity (Wildman–Crippen MR) is 257 cm³/mol. The molecule has 2 aromatic carbocycles. The van der Waals surface area contributed by atoms with E-state index in [0.717, 1.165) is 114 Å². The molecule has 0 bridgehead atoms. The van der Waals surface area contributed by atoms with Gasteiger partial charge in [-0.3, -0.25) is 9.80 Å². The van der Waals surface area contributed by atoms with Crippen LogP contribution >= 0.6 is 49.6 Å². The minimum absolute atomic E-state index is 0. The highest BCUT2D eigenvalue weighted by atomic mass is 35.5. The van der Waals surface area contributed by atoms with Crippen molar-refractivity contribution in [2.75, 3.05) is 105 Å². The van der Waals surface area contributed by atoms with Gasteiger partial charge in [0.15, 0.2) is 0 Å². The SMILES string of the molecule is Cl.Cl.Cl.Cl.c1cc(C2CCC(N3CCOCC3)CC2)ccc1OCCCN1CCCCC1.c1cc(C2CCC(N3CCOCC3)CC2)ccc1OCCCN1CCCCC1. The molecule has 0 radical (unpaired) electrons. The molecule has 2 aliphatic carbocycles. The first-order valence-corrected chi connectivity index (χ1v) is 23.3. The van der Waals surface area contributed by atoms with Crippen molar-refractivity contribution in [1.29, 1.82) is 0 Å². The van der Waals surface area contributed by atoms with Crippen LogP contribution in [0.15, 0.2) is 48.5 Å². The van der Waals surface area contributed by atoms with Gasteiger partial charge in [-0.25, -0.2) is 0 Å². The van der Waals surface area contributed by atoms with E-state index in [0.29, 0.717) is 0 Å². The molecule has 0 spiro atoms. The fourth-order valence-electron chi connectivity index (χ4n) is 10.4. The van der Waals surface area contributed by atoms with E-state index in [1.807, 2.05) is 0 Å². The van der Waals surface area contributed by atoms with E-state index < -0.39 is 0 Å². The molecule has 0 atom stereocenters. The standard InChI is InChI=1S/2C24H38N2O2.4ClH/c2*1-2-13-25(14-3-1)15-4-18-28-24-11-7-22(8-12-24)21-5-9-23(10-6-21)26-16-19-27-20-17-26;;;;/h2*7-8,11-12,21,23H,1-6,9-10,13-20H2;4*1H. The minimum atomic E-state index is 0. The Morgan fingerprint density at radius 2 is 0.750 bits per heavy atom. The number of halogens is 4. The Hall–Kier alpha value is -1.04. The highest BCUT2D eigenvalue weighted by molar-refractivity contribution is 5.86. The van der Waals surface area contributed by atoms with Crippen LogP contribution < -0.4 is 9.47 Å². The average Bonchev–Trinajstić information content (AvgIpc) is 3.29. The molecule has 6 fully saturated rings. The summed E-state index contributed by atoms with van der Waals surface area (Å²) in [6, 6.07) is 19.5. The third-order valence-electron chi connectivity index (χ3n) is 13.9. The zero-order valence-electron chi connectivity index (χ0n) is 36.6. The highest BCUT2D eigenvalue weighted by Gasteiger charge is 2.29. The van der Waals surface area contributed by atoms with Crippen LogP contribution in [0, 0.1) is 0 Å². The molecular formula is C48H80Cl4N4O4. The van der Waals surface area contributed by atoms with Crippen LogP contribution in [0.5, 0.6) is 11.5 Å². The van der Waals surface area contributed by atoms with Gasteiger partial charge in [0, 0.05) is 51.4 Å². The summed E-state index contributed by atoms with van der Waals surface area (Å²) in [5.41, 5.74) is 3.00. The molecule has 2 aromatic rings. The molecule has 0 unspecified atom stereocenters. The lowest BCUT2D eigenvalue weighted by molar-refractivity contribution is 0.00727. The predicted octanol–water partition coefficient (Wildman–Crippen LogP) is 10.3. The van der Waals surface area contributed by atoms with E-state index in [2.05, 4.69) is 68.1 Å². The monoisotopic (exact) mass is 916 g/mol. The molecule has 0 aromatic heterocycles. The molecule has 0 amide bonds. The van der Waals surface area contributed by atoms with Crippen LogP contribution in [0.4, 0.5) is 0 Å². The van der Waals surface area contributed by atoms with Gasteiger partial charge >= 0.3 is 0 Å². The summed E-state index contributed by atoms with van der Waals surface area (Å²) in [4.78, 5) is 10.5. The second kappa shape index (κ2) is 30.2. The first-order valence-electron chi connectivity index (χ1n) is 23.3. The molecule has 4 heterocycles. The number of nitrogens with zero attached hydrogens (tertiary/aromatic N) is 4. The molecule has 0 N–H and O–H groups in total. The van der Waals surface area contributed by atoms with Crippen LogP contribution in [-0.4, -0.2) is 137 Å². The maximum atomic E-state index is 5.99. The second-order valence-electron chi connectivity index (χ2n) is 17.7. The second-order valence-corrected chi connectivity index (χ2v) is 17.7. The van der Waals surface area contributed by atoms with E-state index in [4.69, 9.17) is 18.9 Å². The summed E-state index contributed by atoms with van der Waals surface area (Å²) < 4.78 is 23.0. The lowest BCUT2D eigenvalue weighted by atomic mass is 9.81. The van der Waals surface area contributed by atoms with Crippen molar-refractivity contribution in [3.63, 3.8) is 0 Å². The van der Waals surface area contributed by atoms with E-state index in [-0.39, 0.29) is 49.6 Å².